The van der Waals surface area contributed by atoms with Crippen molar-refractivity contribution in [2.75, 3.05) is 0 Å². The van der Waals surface area contributed by atoms with E-state index in [1.807, 2.05) is 0 Å². The molecule has 0 spiro atoms. The third-order valence-corrected chi connectivity index (χ3v) is 2.16. The van der Waals surface area contributed by atoms with Crippen molar-refractivity contribution in [2.45, 2.75) is 19.3 Å². The first-order valence-corrected chi connectivity index (χ1v) is 4.08. The number of aromatic hydroxyl groups is 1. The molecule has 0 amide bonds. The molecule has 0 fully saturated rings. The lowest BCUT2D eigenvalue weighted by molar-refractivity contribution is -0.142. The lowest BCUT2D eigenvalue weighted by Crippen LogP contribution is -2.29. The molecule has 0 atom stereocenters. The van der Waals surface area contributed by atoms with Gasteiger partial charge in [-0.3, -0.25) is 4.79 Å². The SMILES string of the molecule is CC(C)(C(=O)O)c1ccc(O)cc1F. The van der Waals surface area contributed by atoms with Gasteiger partial charge in [-0.05, 0) is 19.9 Å². The molecule has 0 aliphatic heterocycles. The van der Waals surface area contributed by atoms with Crippen molar-refractivity contribution in [3.05, 3.63) is 29.6 Å². The molecule has 0 aromatic heterocycles. The largest absolute Gasteiger partial charge is 0.508 e. The molecule has 4 heteroatoms. The van der Waals surface area contributed by atoms with E-state index in [9.17, 15) is 9.18 Å². The first kappa shape index (κ1) is 10.5. The van der Waals surface area contributed by atoms with Gasteiger partial charge in [0.25, 0.3) is 0 Å². The summed E-state index contributed by atoms with van der Waals surface area (Å²) < 4.78 is 13.3. The Morgan fingerprint density at radius 1 is 1.43 bits per heavy atom. The summed E-state index contributed by atoms with van der Waals surface area (Å²) in [6, 6.07) is 3.45. The average molecular weight is 198 g/mol. The van der Waals surface area contributed by atoms with Gasteiger partial charge in [0.15, 0.2) is 0 Å². The summed E-state index contributed by atoms with van der Waals surface area (Å²) in [6.07, 6.45) is 0. The predicted molar refractivity (Wildman–Crippen MR) is 48.7 cm³/mol. The predicted octanol–water partition coefficient (Wildman–Crippen LogP) is 1.89. The summed E-state index contributed by atoms with van der Waals surface area (Å²) in [7, 11) is 0. The van der Waals surface area contributed by atoms with E-state index in [0.29, 0.717) is 0 Å². The van der Waals surface area contributed by atoms with Gasteiger partial charge in [0, 0.05) is 11.6 Å². The van der Waals surface area contributed by atoms with E-state index in [1.165, 1.54) is 26.0 Å². The number of carboxylic acids is 1. The van der Waals surface area contributed by atoms with Crippen LogP contribution in [0.25, 0.3) is 0 Å². The van der Waals surface area contributed by atoms with Crippen molar-refractivity contribution in [2.24, 2.45) is 0 Å². The molecule has 2 N–H and O–H groups in total. The van der Waals surface area contributed by atoms with Crippen LogP contribution in [0.1, 0.15) is 19.4 Å². The maximum atomic E-state index is 13.3. The lowest BCUT2D eigenvalue weighted by atomic mass is 9.84. The van der Waals surface area contributed by atoms with Gasteiger partial charge in [-0.15, -0.1) is 0 Å². The Hall–Kier alpha value is -1.58. The molecule has 0 aliphatic carbocycles. The number of hydrogen-bond donors (Lipinski definition) is 2. The lowest BCUT2D eigenvalue weighted by Gasteiger charge is -2.20. The highest BCUT2D eigenvalue weighted by atomic mass is 19.1. The van der Waals surface area contributed by atoms with Crippen LogP contribution in [0.4, 0.5) is 4.39 Å². The Labute approximate surface area is 80.8 Å². The zero-order valence-corrected chi connectivity index (χ0v) is 7.91. The fourth-order valence-corrected chi connectivity index (χ4v) is 1.13. The molecule has 76 valence electrons. The van der Waals surface area contributed by atoms with Crippen LogP contribution in [0.2, 0.25) is 0 Å². The molecule has 1 aromatic rings. The van der Waals surface area contributed by atoms with Crippen LogP contribution in [0, 0.1) is 5.82 Å². The molecule has 0 bridgehead atoms. The van der Waals surface area contributed by atoms with Crippen molar-refractivity contribution >= 4 is 5.97 Å². The molecule has 1 rings (SSSR count). The van der Waals surface area contributed by atoms with Gasteiger partial charge in [-0.2, -0.15) is 0 Å². The molecule has 0 aliphatic rings. The number of rotatable bonds is 2. The van der Waals surface area contributed by atoms with Gasteiger partial charge in [0.1, 0.15) is 11.6 Å². The van der Waals surface area contributed by atoms with Crippen LogP contribution in [0.5, 0.6) is 5.75 Å². The summed E-state index contributed by atoms with van der Waals surface area (Å²) in [4.78, 5) is 10.8. The van der Waals surface area contributed by atoms with Gasteiger partial charge in [0.2, 0.25) is 0 Å². The third kappa shape index (κ3) is 1.69. The first-order valence-electron chi connectivity index (χ1n) is 4.08. The molecule has 1 aromatic carbocycles. The normalized spacial score (nSPS) is 11.4. The smallest absolute Gasteiger partial charge is 0.313 e. The highest BCUT2D eigenvalue weighted by molar-refractivity contribution is 5.80. The molecule has 3 nitrogen and oxygen atoms in total. The number of phenolic OH excluding ortho intramolecular Hbond substituents is 1. The van der Waals surface area contributed by atoms with Gasteiger partial charge in [0.05, 0.1) is 5.41 Å². The number of phenols is 1. The highest BCUT2D eigenvalue weighted by Gasteiger charge is 2.32. The topological polar surface area (TPSA) is 57.5 Å². The summed E-state index contributed by atoms with van der Waals surface area (Å²) in [6.45, 7) is 2.82. The van der Waals surface area contributed by atoms with E-state index in [0.717, 1.165) is 6.07 Å². The summed E-state index contributed by atoms with van der Waals surface area (Å²) >= 11 is 0. The second-order valence-corrected chi connectivity index (χ2v) is 3.59. The Kier molecular flexibility index (Phi) is 2.47. The van der Waals surface area contributed by atoms with Gasteiger partial charge in [-0.1, -0.05) is 6.07 Å². The van der Waals surface area contributed by atoms with Crippen molar-refractivity contribution in [1.29, 1.82) is 0 Å². The number of carbonyl (C=O) groups is 1. The second-order valence-electron chi connectivity index (χ2n) is 3.59. The summed E-state index contributed by atoms with van der Waals surface area (Å²) in [5, 5.41) is 17.8. The van der Waals surface area contributed by atoms with E-state index in [1.54, 1.807) is 0 Å². The van der Waals surface area contributed by atoms with E-state index in [2.05, 4.69) is 0 Å². The molecule has 0 unspecified atom stereocenters. The molecule has 0 saturated carbocycles. The monoisotopic (exact) mass is 198 g/mol. The zero-order valence-electron chi connectivity index (χ0n) is 7.91. The average Bonchev–Trinajstić information content (AvgIpc) is 2.02. The Bertz CT molecular complexity index is 372. The maximum absolute atomic E-state index is 13.3. The first-order chi connectivity index (χ1) is 6.35. The quantitative estimate of drug-likeness (QED) is 0.762. The fraction of sp³-hybridized carbons (Fsp3) is 0.300. The van der Waals surface area contributed by atoms with E-state index in [4.69, 9.17) is 10.2 Å². The maximum Gasteiger partial charge on any atom is 0.313 e. The van der Waals surface area contributed by atoms with Crippen LogP contribution < -0.4 is 0 Å². The minimum Gasteiger partial charge on any atom is -0.508 e. The van der Waals surface area contributed by atoms with Crippen LogP contribution in [-0.2, 0) is 10.2 Å². The third-order valence-electron chi connectivity index (χ3n) is 2.16. The Balaban J connectivity index is 3.26. The molecular formula is C10H11FO3. The zero-order chi connectivity index (χ0) is 10.9. The molecular weight excluding hydrogens is 187 g/mol. The number of carboxylic acid groups (broad SMARTS) is 1. The van der Waals surface area contributed by atoms with Crippen LogP contribution >= 0.6 is 0 Å². The highest BCUT2D eigenvalue weighted by Crippen LogP contribution is 2.28. The molecule has 14 heavy (non-hydrogen) atoms. The van der Waals surface area contributed by atoms with Crippen LogP contribution in [-0.4, -0.2) is 16.2 Å². The van der Waals surface area contributed by atoms with Gasteiger partial charge < -0.3 is 10.2 Å². The van der Waals surface area contributed by atoms with E-state index < -0.39 is 17.2 Å². The van der Waals surface area contributed by atoms with Gasteiger partial charge in [-0.25, -0.2) is 4.39 Å². The van der Waals surface area contributed by atoms with E-state index in [-0.39, 0.29) is 11.3 Å². The van der Waals surface area contributed by atoms with Crippen molar-refractivity contribution in [1.82, 2.24) is 0 Å². The van der Waals surface area contributed by atoms with E-state index >= 15 is 0 Å². The number of aliphatic carboxylic acids is 1. The number of hydrogen-bond acceptors (Lipinski definition) is 2. The number of benzene rings is 1. The molecule has 0 heterocycles. The Morgan fingerprint density at radius 2 is 2.00 bits per heavy atom. The minimum atomic E-state index is -1.29. The van der Waals surface area contributed by atoms with Crippen LogP contribution in [0.3, 0.4) is 0 Å². The van der Waals surface area contributed by atoms with Crippen molar-refractivity contribution < 1.29 is 19.4 Å². The summed E-state index contributed by atoms with van der Waals surface area (Å²) in [5.74, 6) is -2.04. The van der Waals surface area contributed by atoms with Crippen molar-refractivity contribution in [3.8, 4) is 5.75 Å². The fourth-order valence-electron chi connectivity index (χ4n) is 1.13. The summed E-state index contributed by atoms with van der Waals surface area (Å²) in [5.41, 5.74) is -1.24. The van der Waals surface area contributed by atoms with Gasteiger partial charge >= 0.3 is 5.97 Å². The minimum absolute atomic E-state index is 0.0581. The second kappa shape index (κ2) is 3.29. The molecule has 0 radical (unpaired) electrons. The molecule has 0 saturated heterocycles. The van der Waals surface area contributed by atoms with Crippen molar-refractivity contribution in [3.63, 3.8) is 0 Å². The Morgan fingerprint density at radius 3 is 2.43 bits per heavy atom. The van der Waals surface area contributed by atoms with Crippen LogP contribution in [0.15, 0.2) is 18.2 Å². The standard InChI is InChI=1S/C10H11FO3/c1-10(2,9(13)14)7-4-3-6(12)5-8(7)11/h3-5,12H,1-2H3,(H,13,14). The number of halogens is 1.